The molecule has 0 radical (unpaired) electrons. The van der Waals surface area contributed by atoms with Crippen LogP contribution in [0, 0.1) is 11.3 Å². The topological polar surface area (TPSA) is 36.9 Å². The summed E-state index contributed by atoms with van der Waals surface area (Å²) in [6.45, 7) is 0. The van der Waals surface area contributed by atoms with Crippen LogP contribution in [0.4, 0.5) is 0 Å². The second kappa shape index (κ2) is 2.56. The number of nitriles is 1. The molecule has 0 saturated heterocycles. The maximum Gasteiger partial charge on any atom is 0.193 e. The summed E-state index contributed by atoms with van der Waals surface area (Å²) in [4.78, 5) is 0. The van der Waals surface area contributed by atoms with Crippen LogP contribution in [0.15, 0.2) is 16.5 Å². The van der Waals surface area contributed by atoms with Crippen LogP contribution in [0.25, 0.3) is 0 Å². The molecule has 0 aliphatic rings. The molecule has 0 saturated carbocycles. The fourth-order valence-corrected chi connectivity index (χ4v) is 0.687. The molecule has 0 atom stereocenters. The van der Waals surface area contributed by atoms with E-state index in [0.717, 1.165) is 0 Å². The van der Waals surface area contributed by atoms with E-state index in [4.69, 9.17) is 21.3 Å². The maximum atomic E-state index is 8.18. The highest BCUT2D eigenvalue weighted by atomic mass is 35.5. The van der Waals surface area contributed by atoms with Gasteiger partial charge in [-0.15, -0.1) is 0 Å². The van der Waals surface area contributed by atoms with Gasteiger partial charge in [0.1, 0.15) is 5.76 Å². The van der Waals surface area contributed by atoms with E-state index in [1.54, 1.807) is 12.1 Å². The Balaban J connectivity index is 2.76. The molecule has 1 rings (SSSR count). The first kappa shape index (κ1) is 6.18. The smallest absolute Gasteiger partial charge is 0.193 e. The lowest BCUT2D eigenvalue weighted by atomic mass is 10.4. The molecule has 46 valence electrons. The molecule has 0 bridgehead atoms. The van der Waals surface area contributed by atoms with E-state index in [9.17, 15) is 0 Å². The number of furan rings is 1. The summed E-state index contributed by atoms with van der Waals surface area (Å²) in [6.07, 6.45) is 0.284. The Morgan fingerprint density at radius 2 is 2.44 bits per heavy atom. The van der Waals surface area contributed by atoms with Gasteiger partial charge in [-0.25, -0.2) is 0 Å². The van der Waals surface area contributed by atoms with E-state index >= 15 is 0 Å². The SMILES string of the molecule is N#CCc1ccc(Cl)o1. The summed E-state index contributed by atoms with van der Waals surface area (Å²) < 4.78 is 4.87. The van der Waals surface area contributed by atoms with E-state index in [-0.39, 0.29) is 6.42 Å². The van der Waals surface area contributed by atoms with Gasteiger partial charge in [-0.2, -0.15) is 5.26 Å². The zero-order valence-corrected chi connectivity index (χ0v) is 5.35. The summed E-state index contributed by atoms with van der Waals surface area (Å²) in [5, 5.41) is 8.51. The van der Waals surface area contributed by atoms with Crippen LogP contribution in [0.2, 0.25) is 5.22 Å². The predicted octanol–water partition coefficient (Wildman–Crippen LogP) is 2.00. The largest absolute Gasteiger partial charge is 0.449 e. The molecule has 3 heteroatoms. The highest BCUT2D eigenvalue weighted by Gasteiger charge is 1.95. The first-order valence-corrected chi connectivity index (χ1v) is 2.82. The van der Waals surface area contributed by atoms with E-state index < -0.39 is 0 Å². The molecule has 1 aromatic heterocycles. The van der Waals surface area contributed by atoms with Gasteiger partial charge in [-0.3, -0.25) is 0 Å². The molecule has 0 spiro atoms. The molecule has 2 nitrogen and oxygen atoms in total. The molecule has 1 heterocycles. The molecule has 1 aromatic rings. The predicted molar refractivity (Wildman–Crippen MR) is 33.0 cm³/mol. The third-order valence-electron chi connectivity index (χ3n) is 0.882. The highest BCUT2D eigenvalue weighted by molar-refractivity contribution is 6.28. The Bertz CT molecular complexity index is 235. The zero-order valence-electron chi connectivity index (χ0n) is 4.60. The molecule has 0 unspecified atom stereocenters. The molecular formula is C6H4ClNO. The quantitative estimate of drug-likeness (QED) is 0.600. The van der Waals surface area contributed by atoms with E-state index in [1.807, 2.05) is 6.07 Å². The molecule has 0 aliphatic heterocycles. The Morgan fingerprint density at radius 1 is 1.67 bits per heavy atom. The van der Waals surface area contributed by atoms with Gasteiger partial charge in [0.15, 0.2) is 5.22 Å². The van der Waals surface area contributed by atoms with Crippen LogP contribution in [-0.2, 0) is 6.42 Å². The molecular weight excluding hydrogens is 138 g/mol. The van der Waals surface area contributed by atoms with Gasteiger partial charge >= 0.3 is 0 Å². The van der Waals surface area contributed by atoms with Gasteiger partial charge < -0.3 is 4.42 Å². The molecule has 0 fully saturated rings. The third kappa shape index (κ3) is 1.48. The van der Waals surface area contributed by atoms with Crippen LogP contribution >= 0.6 is 11.6 Å². The first-order valence-electron chi connectivity index (χ1n) is 2.44. The maximum absolute atomic E-state index is 8.18. The van der Waals surface area contributed by atoms with Crippen molar-refractivity contribution in [2.45, 2.75) is 6.42 Å². The molecule has 0 N–H and O–H groups in total. The summed E-state index contributed by atoms with van der Waals surface area (Å²) in [6, 6.07) is 5.25. The van der Waals surface area contributed by atoms with Gasteiger partial charge in [0.25, 0.3) is 0 Å². The Kier molecular flexibility index (Phi) is 1.76. The van der Waals surface area contributed by atoms with Crippen molar-refractivity contribution in [3.63, 3.8) is 0 Å². The first-order chi connectivity index (χ1) is 4.33. The van der Waals surface area contributed by atoms with Crippen molar-refractivity contribution < 1.29 is 4.42 Å². The minimum absolute atomic E-state index is 0.284. The lowest BCUT2D eigenvalue weighted by Crippen LogP contribution is -1.71. The number of hydrogen-bond donors (Lipinski definition) is 0. The van der Waals surface area contributed by atoms with Gasteiger partial charge in [-0.1, -0.05) is 0 Å². The van der Waals surface area contributed by atoms with Crippen molar-refractivity contribution in [3.8, 4) is 6.07 Å². The normalized spacial score (nSPS) is 8.89. The third-order valence-corrected chi connectivity index (χ3v) is 1.09. The standard InChI is InChI=1S/C6H4ClNO/c7-6-2-1-5(9-6)3-4-8/h1-2H,3H2. The minimum Gasteiger partial charge on any atom is -0.449 e. The molecule has 0 aromatic carbocycles. The summed E-state index contributed by atoms with van der Waals surface area (Å²) >= 11 is 5.42. The summed E-state index contributed by atoms with van der Waals surface area (Å²) in [7, 11) is 0. The van der Waals surface area contributed by atoms with Crippen LogP contribution in [0.1, 0.15) is 5.76 Å². The van der Waals surface area contributed by atoms with Gasteiger partial charge in [0.05, 0.1) is 12.5 Å². The fraction of sp³-hybridized carbons (Fsp3) is 0.167. The van der Waals surface area contributed by atoms with Crippen molar-refractivity contribution in [3.05, 3.63) is 23.1 Å². The van der Waals surface area contributed by atoms with Crippen LogP contribution in [0.3, 0.4) is 0 Å². The van der Waals surface area contributed by atoms with Crippen molar-refractivity contribution >= 4 is 11.6 Å². The lowest BCUT2D eigenvalue weighted by molar-refractivity contribution is 0.526. The number of hydrogen-bond acceptors (Lipinski definition) is 2. The fourth-order valence-electron chi connectivity index (χ4n) is 0.525. The van der Waals surface area contributed by atoms with Gasteiger partial charge in [-0.05, 0) is 23.7 Å². The monoisotopic (exact) mass is 141 g/mol. The van der Waals surface area contributed by atoms with E-state index in [0.29, 0.717) is 11.0 Å². The number of halogens is 1. The van der Waals surface area contributed by atoms with Gasteiger partial charge in [0.2, 0.25) is 0 Å². The van der Waals surface area contributed by atoms with Crippen molar-refractivity contribution in [2.24, 2.45) is 0 Å². The van der Waals surface area contributed by atoms with Crippen molar-refractivity contribution in [1.29, 1.82) is 5.26 Å². The van der Waals surface area contributed by atoms with Crippen molar-refractivity contribution in [2.75, 3.05) is 0 Å². The number of rotatable bonds is 1. The summed E-state index contributed by atoms with van der Waals surface area (Å²) in [5.41, 5.74) is 0. The van der Waals surface area contributed by atoms with Crippen LogP contribution in [-0.4, -0.2) is 0 Å². The van der Waals surface area contributed by atoms with Crippen LogP contribution < -0.4 is 0 Å². The molecule has 9 heavy (non-hydrogen) atoms. The van der Waals surface area contributed by atoms with E-state index in [1.165, 1.54) is 0 Å². The zero-order chi connectivity index (χ0) is 6.69. The van der Waals surface area contributed by atoms with Crippen molar-refractivity contribution in [1.82, 2.24) is 0 Å². The van der Waals surface area contributed by atoms with Gasteiger partial charge in [0, 0.05) is 0 Å². The minimum atomic E-state index is 0.284. The average molecular weight is 142 g/mol. The molecule has 0 aliphatic carbocycles. The highest BCUT2D eigenvalue weighted by Crippen LogP contribution is 2.12. The number of nitrogens with zero attached hydrogens (tertiary/aromatic N) is 1. The lowest BCUT2D eigenvalue weighted by Gasteiger charge is -1.80. The molecule has 0 amide bonds. The van der Waals surface area contributed by atoms with Crippen LogP contribution in [0.5, 0.6) is 0 Å². The Hall–Kier alpha value is -0.940. The average Bonchev–Trinajstić information content (AvgIpc) is 2.17. The Labute approximate surface area is 57.7 Å². The second-order valence-electron chi connectivity index (χ2n) is 1.54. The summed E-state index contributed by atoms with van der Waals surface area (Å²) in [5.74, 6) is 0.613. The second-order valence-corrected chi connectivity index (χ2v) is 1.91. The van der Waals surface area contributed by atoms with E-state index in [2.05, 4.69) is 0 Å². The Morgan fingerprint density at radius 3 is 2.89 bits per heavy atom.